The molecule has 0 fully saturated rings. The standard InChI is InChI=1S/C26H38O/c1-15(2)21-13-22(16(3)4)26(23(14-21)17(5)6)25-19(9)11-12-24(20(25)10)27-18(7)8/h11-18H,1-10H3. The van der Waals surface area contributed by atoms with E-state index in [1.165, 1.54) is 38.9 Å². The molecule has 0 aromatic heterocycles. The summed E-state index contributed by atoms with van der Waals surface area (Å²) >= 11 is 0. The minimum absolute atomic E-state index is 0.178. The van der Waals surface area contributed by atoms with Crippen molar-refractivity contribution in [1.29, 1.82) is 0 Å². The predicted molar refractivity (Wildman–Crippen MR) is 119 cm³/mol. The molecule has 0 saturated carbocycles. The van der Waals surface area contributed by atoms with Crippen LogP contribution in [-0.4, -0.2) is 6.10 Å². The molecule has 148 valence electrons. The Morgan fingerprint density at radius 2 is 1.19 bits per heavy atom. The summed E-state index contributed by atoms with van der Waals surface area (Å²) in [4.78, 5) is 0. The predicted octanol–water partition coefficient (Wildman–Crippen LogP) is 8.13. The van der Waals surface area contributed by atoms with Crippen molar-refractivity contribution in [3.05, 3.63) is 52.1 Å². The van der Waals surface area contributed by atoms with Gasteiger partial charge in [-0.25, -0.2) is 0 Å². The van der Waals surface area contributed by atoms with Gasteiger partial charge in [-0.15, -0.1) is 0 Å². The van der Waals surface area contributed by atoms with Gasteiger partial charge in [-0.3, -0.25) is 0 Å². The molecule has 0 bridgehead atoms. The minimum atomic E-state index is 0.178. The summed E-state index contributed by atoms with van der Waals surface area (Å²) in [5.41, 5.74) is 9.71. The van der Waals surface area contributed by atoms with Crippen molar-refractivity contribution in [2.75, 3.05) is 0 Å². The molecule has 0 aliphatic heterocycles. The van der Waals surface area contributed by atoms with Gasteiger partial charge < -0.3 is 4.74 Å². The van der Waals surface area contributed by atoms with E-state index in [4.69, 9.17) is 4.74 Å². The van der Waals surface area contributed by atoms with E-state index in [0.717, 1.165) is 5.75 Å². The molecule has 0 atom stereocenters. The third-order valence-corrected chi connectivity index (χ3v) is 5.37. The molecular formula is C26H38O. The highest BCUT2D eigenvalue weighted by molar-refractivity contribution is 5.80. The van der Waals surface area contributed by atoms with Gasteiger partial charge in [-0.1, -0.05) is 59.7 Å². The summed E-state index contributed by atoms with van der Waals surface area (Å²) in [6.07, 6.45) is 0.178. The minimum Gasteiger partial charge on any atom is -0.491 e. The van der Waals surface area contributed by atoms with Crippen LogP contribution in [0.1, 0.15) is 101 Å². The third kappa shape index (κ3) is 4.57. The fourth-order valence-corrected chi connectivity index (χ4v) is 3.84. The lowest BCUT2D eigenvalue weighted by atomic mass is 9.79. The second-order valence-electron chi connectivity index (χ2n) is 9.09. The number of hydrogen-bond donors (Lipinski definition) is 0. The molecule has 0 heterocycles. The van der Waals surface area contributed by atoms with Crippen molar-refractivity contribution in [2.45, 2.75) is 93.1 Å². The average Bonchev–Trinajstić information content (AvgIpc) is 2.56. The maximum Gasteiger partial charge on any atom is 0.123 e. The highest BCUT2D eigenvalue weighted by atomic mass is 16.5. The van der Waals surface area contributed by atoms with Crippen LogP contribution >= 0.6 is 0 Å². The molecule has 27 heavy (non-hydrogen) atoms. The molecule has 1 heteroatoms. The van der Waals surface area contributed by atoms with Gasteiger partial charge in [0.25, 0.3) is 0 Å². The van der Waals surface area contributed by atoms with E-state index in [0.29, 0.717) is 17.8 Å². The van der Waals surface area contributed by atoms with Gasteiger partial charge in [0.15, 0.2) is 0 Å². The van der Waals surface area contributed by atoms with Gasteiger partial charge in [-0.05, 0) is 90.5 Å². The second kappa shape index (κ2) is 8.50. The van der Waals surface area contributed by atoms with Gasteiger partial charge in [-0.2, -0.15) is 0 Å². The molecule has 2 rings (SSSR count). The molecule has 0 radical (unpaired) electrons. The Morgan fingerprint density at radius 3 is 1.59 bits per heavy atom. The zero-order valence-corrected chi connectivity index (χ0v) is 19.0. The second-order valence-corrected chi connectivity index (χ2v) is 9.09. The van der Waals surface area contributed by atoms with Gasteiger partial charge in [0, 0.05) is 0 Å². The Balaban J connectivity index is 2.89. The smallest absolute Gasteiger partial charge is 0.123 e. The largest absolute Gasteiger partial charge is 0.491 e. The van der Waals surface area contributed by atoms with Crippen LogP contribution in [0, 0.1) is 13.8 Å². The maximum absolute atomic E-state index is 6.12. The summed E-state index contributed by atoms with van der Waals surface area (Å²) in [5.74, 6) is 2.49. The molecule has 0 aliphatic rings. The van der Waals surface area contributed by atoms with Crippen LogP contribution in [0.2, 0.25) is 0 Å². The van der Waals surface area contributed by atoms with Crippen molar-refractivity contribution in [3.63, 3.8) is 0 Å². The molecule has 2 aromatic rings. The number of ether oxygens (including phenoxy) is 1. The molecule has 0 spiro atoms. The molecular weight excluding hydrogens is 328 g/mol. The van der Waals surface area contributed by atoms with Crippen LogP contribution in [-0.2, 0) is 0 Å². The summed E-state index contributed by atoms with van der Waals surface area (Å²) in [5, 5.41) is 0. The van der Waals surface area contributed by atoms with Crippen LogP contribution in [0.25, 0.3) is 11.1 Å². The van der Waals surface area contributed by atoms with Crippen molar-refractivity contribution in [2.24, 2.45) is 0 Å². The van der Waals surface area contributed by atoms with Crippen molar-refractivity contribution < 1.29 is 4.74 Å². The van der Waals surface area contributed by atoms with Crippen LogP contribution in [0.15, 0.2) is 24.3 Å². The number of rotatable bonds is 6. The first-order valence-electron chi connectivity index (χ1n) is 10.5. The van der Waals surface area contributed by atoms with Gasteiger partial charge in [0.2, 0.25) is 0 Å². The Labute approximate surface area is 167 Å². The summed E-state index contributed by atoms with van der Waals surface area (Å²) in [6.45, 7) is 22.5. The topological polar surface area (TPSA) is 9.23 Å². The molecule has 0 aliphatic carbocycles. The molecule has 2 aromatic carbocycles. The van der Waals surface area contributed by atoms with E-state index in [1.807, 2.05) is 0 Å². The first-order chi connectivity index (χ1) is 12.5. The molecule has 0 saturated heterocycles. The number of aryl methyl sites for hydroxylation is 1. The van der Waals surface area contributed by atoms with E-state index >= 15 is 0 Å². The Kier molecular flexibility index (Phi) is 6.78. The van der Waals surface area contributed by atoms with Crippen molar-refractivity contribution in [3.8, 4) is 16.9 Å². The van der Waals surface area contributed by atoms with Crippen LogP contribution in [0.5, 0.6) is 5.75 Å². The van der Waals surface area contributed by atoms with Crippen LogP contribution in [0.4, 0.5) is 0 Å². The van der Waals surface area contributed by atoms with Crippen LogP contribution < -0.4 is 4.74 Å². The normalized spacial score (nSPS) is 11.9. The van der Waals surface area contributed by atoms with Gasteiger partial charge in [0.1, 0.15) is 5.75 Å². The highest BCUT2D eigenvalue weighted by Gasteiger charge is 2.22. The van der Waals surface area contributed by atoms with Crippen LogP contribution in [0.3, 0.4) is 0 Å². The maximum atomic E-state index is 6.12. The summed E-state index contributed by atoms with van der Waals surface area (Å²) < 4.78 is 6.12. The van der Waals surface area contributed by atoms with E-state index in [1.54, 1.807) is 0 Å². The number of hydrogen-bond acceptors (Lipinski definition) is 1. The van der Waals surface area contributed by atoms with E-state index in [2.05, 4.69) is 93.5 Å². The zero-order valence-electron chi connectivity index (χ0n) is 19.0. The monoisotopic (exact) mass is 366 g/mol. The summed E-state index contributed by atoms with van der Waals surface area (Å²) in [6, 6.07) is 9.21. The molecule has 0 N–H and O–H groups in total. The summed E-state index contributed by atoms with van der Waals surface area (Å²) in [7, 11) is 0. The lowest BCUT2D eigenvalue weighted by Gasteiger charge is -2.26. The lowest BCUT2D eigenvalue weighted by Crippen LogP contribution is -2.09. The molecule has 0 amide bonds. The third-order valence-electron chi connectivity index (χ3n) is 5.37. The van der Waals surface area contributed by atoms with Gasteiger partial charge >= 0.3 is 0 Å². The lowest BCUT2D eigenvalue weighted by molar-refractivity contribution is 0.241. The zero-order chi connectivity index (χ0) is 20.5. The molecule has 0 unspecified atom stereocenters. The fraction of sp³-hybridized carbons (Fsp3) is 0.538. The average molecular weight is 367 g/mol. The molecule has 1 nitrogen and oxygen atoms in total. The first kappa shape index (κ1) is 21.5. The van der Waals surface area contributed by atoms with E-state index in [-0.39, 0.29) is 6.10 Å². The Bertz CT molecular complexity index is 765. The highest BCUT2D eigenvalue weighted by Crippen LogP contribution is 2.43. The SMILES string of the molecule is Cc1ccc(OC(C)C)c(C)c1-c1c(C(C)C)cc(C(C)C)cc1C(C)C. The quantitative estimate of drug-likeness (QED) is 0.501. The van der Waals surface area contributed by atoms with Crippen molar-refractivity contribution in [1.82, 2.24) is 0 Å². The Hall–Kier alpha value is -1.76. The van der Waals surface area contributed by atoms with Gasteiger partial charge in [0.05, 0.1) is 6.10 Å². The number of benzene rings is 2. The van der Waals surface area contributed by atoms with E-state index in [9.17, 15) is 0 Å². The Morgan fingerprint density at radius 1 is 0.667 bits per heavy atom. The fourth-order valence-electron chi connectivity index (χ4n) is 3.84. The first-order valence-corrected chi connectivity index (χ1v) is 10.5. The van der Waals surface area contributed by atoms with Crippen molar-refractivity contribution >= 4 is 0 Å². The van der Waals surface area contributed by atoms with E-state index < -0.39 is 0 Å².